The van der Waals surface area contributed by atoms with Crippen LogP contribution in [0.5, 0.6) is 0 Å². The van der Waals surface area contributed by atoms with Gasteiger partial charge in [-0.2, -0.15) is 5.10 Å². The highest BCUT2D eigenvalue weighted by atomic mass is 16.1. The molecule has 0 spiro atoms. The number of nitrogens with zero attached hydrogens (tertiary/aromatic N) is 6. The Morgan fingerprint density at radius 1 is 1.15 bits per heavy atom. The first kappa shape index (κ1) is 15.7. The van der Waals surface area contributed by atoms with Crippen LogP contribution in [0.1, 0.15) is 36.3 Å². The first-order chi connectivity index (χ1) is 12.8. The molecule has 1 aliphatic heterocycles. The number of hydrogen-bond donors (Lipinski definition) is 0. The van der Waals surface area contributed by atoms with E-state index in [-0.39, 0.29) is 5.56 Å². The fourth-order valence-electron chi connectivity index (χ4n) is 4.26. The molecule has 0 aromatic carbocycles. The number of aromatic nitrogens is 5. The number of aryl methyl sites for hydroxylation is 2. The van der Waals surface area contributed by atoms with Gasteiger partial charge in [0.2, 0.25) is 0 Å². The summed E-state index contributed by atoms with van der Waals surface area (Å²) in [6.07, 6.45) is 7.33. The average molecular weight is 350 g/mol. The minimum atomic E-state index is 0.0328. The highest BCUT2D eigenvalue weighted by Crippen LogP contribution is 2.22. The molecular weight excluding hydrogens is 328 g/mol. The van der Waals surface area contributed by atoms with Gasteiger partial charge in [-0.05, 0) is 56.3 Å². The summed E-state index contributed by atoms with van der Waals surface area (Å²) in [6, 6.07) is 8.04. The molecule has 0 saturated carbocycles. The average Bonchev–Trinajstić information content (AvgIpc) is 3.37. The van der Waals surface area contributed by atoms with Crippen molar-refractivity contribution < 1.29 is 0 Å². The number of hydrogen-bond acceptors (Lipinski definition) is 5. The van der Waals surface area contributed by atoms with Crippen LogP contribution in [-0.4, -0.2) is 41.9 Å². The van der Waals surface area contributed by atoms with Crippen molar-refractivity contribution in [1.82, 2.24) is 29.3 Å². The predicted molar refractivity (Wildman–Crippen MR) is 96.9 cm³/mol. The summed E-state index contributed by atoms with van der Waals surface area (Å²) in [5.41, 5.74) is 3.15. The van der Waals surface area contributed by atoms with Crippen molar-refractivity contribution in [2.24, 2.45) is 0 Å². The van der Waals surface area contributed by atoms with Gasteiger partial charge in [-0.15, -0.1) is 10.2 Å². The van der Waals surface area contributed by atoms with Gasteiger partial charge < -0.3 is 0 Å². The topological polar surface area (TPSA) is 68.3 Å². The number of fused-ring (bicyclic) bond motifs is 2. The molecule has 0 bridgehead atoms. The molecule has 3 aromatic rings. The Labute approximate surface area is 151 Å². The Bertz CT molecular complexity index is 1010. The van der Waals surface area contributed by atoms with E-state index in [2.05, 4.69) is 20.2 Å². The van der Waals surface area contributed by atoms with Crippen molar-refractivity contribution in [3.63, 3.8) is 0 Å². The molecule has 134 valence electrons. The molecule has 0 radical (unpaired) electrons. The summed E-state index contributed by atoms with van der Waals surface area (Å²) in [6.45, 7) is 2.42. The van der Waals surface area contributed by atoms with Crippen LogP contribution in [0, 0.1) is 0 Å². The van der Waals surface area contributed by atoms with Crippen LogP contribution >= 0.6 is 0 Å². The van der Waals surface area contributed by atoms with Gasteiger partial charge in [-0.1, -0.05) is 6.07 Å². The third kappa shape index (κ3) is 2.72. The monoisotopic (exact) mass is 350 g/mol. The van der Waals surface area contributed by atoms with Crippen molar-refractivity contribution in [1.29, 1.82) is 0 Å². The zero-order valence-electron chi connectivity index (χ0n) is 14.7. The van der Waals surface area contributed by atoms with Crippen molar-refractivity contribution in [3.8, 4) is 0 Å². The van der Waals surface area contributed by atoms with Crippen LogP contribution in [0.4, 0.5) is 0 Å². The molecule has 3 aromatic heterocycles. The molecule has 5 rings (SSSR count). The molecule has 1 atom stereocenters. The summed E-state index contributed by atoms with van der Waals surface area (Å²) < 4.78 is 3.71. The second-order valence-electron chi connectivity index (χ2n) is 7.30. The lowest BCUT2D eigenvalue weighted by Crippen LogP contribution is -2.37. The maximum absolute atomic E-state index is 12.4. The van der Waals surface area contributed by atoms with Gasteiger partial charge in [0.1, 0.15) is 0 Å². The van der Waals surface area contributed by atoms with Crippen LogP contribution in [0.2, 0.25) is 0 Å². The summed E-state index contributed by atoms with van der Waals surface area (Å²) >= 11 is 0. The SMILES string of the molecule is O=c1cc2c(nn1CC1CCCN1Cc1nnc3ccccn13)CCC2. The summed E-state index contributed by atoms with van der Waals surface area (Å²) in [7, 11) is 0. The number of pyridine rings is 1. The van der Waals surface area contributed by atoms with Gasteiger partial charge in [-0.3, -0.25) is 14.1 Å². The Morgan fingerprint density at radius 3 is 3.08 bits per heavy atom. The molecule has 0 amide bonds. The molecule has 1 unspecified atom stereocenters. The molecule has 2 aliphatic rings. The van der Waals surface area contributed by atoms with Crippen molar-refractivity contribution in [3.05, 3.63) is 57.9 Å². The lowest BCUT2D eigenvalue weighted by atomic mass is 10.2. The van der Waals surface area contributed by atoms with Crippen LogP contribution in [-0.2, 0) is 25.9 Å². The summed E-state index contributed by atoms with van der Waals surface area (Å²) in [5.74, 6) is 0.946. The third-order valence-electron chi connectivity index (χ3n) is 5.64. The fourth-order valence-corrected chi connectivity index (χ4v) is 4.26. The minimum absolute atomic E-state index is 0.0328. The first-order valence-electron chi connectivity index (χ1n) is 9.40. The van der Waals surface area contributed by atoms with Crippen molar-refractivity contribution in [2.75, 3.05) is 6.54 Å². The predicted octanol–water partition coefficient (Wildman–Crippen LogP) is 1.44. The van der Waals surface area contributed by atoms with E-state index in [9.17, 15) is 4.79 Å². The Hall–Kier alpha value is -2.54. The second kappa shape index (κ2) is 6.32. The van der Waals surface area contributed by atoms with E-state index >= 15 is 0 Å². The van der Waals surface area contributed by atoms with Gasteiger partial charge in [-0.25, -0.2) is 4.68 Å². The van der Waals surface area contributed by atoms with Gasteiger partial charge in [0.05, 0.1) is 18.8 Å². The van der Waals surface area contributed by atoms with Crippen LogP contribution in [0.15, 0.2) is 35.3 Å². The van der Waals surface area contributed by atoms with E-state index in [0.29, 0.717) is 12.6 Å². The van der Waals surface area contributed by atoms with E-state index in [1.807, 2.05) is 28.8 Å². The van der Waals surface area contributed by atoms with Crippen LogP contribution in [0.25, 0.3) is 5.65 Å². The van der Waals surface area contributed by atoms with E-state index in [0.717, 1.165) is 67.9 Å². The Kier molecular flexibility index (Phi) is 3.81. The molecule has 1 fully saturated rings. The molecule has 1 saturated heterocycles. The third-order valence-corrected chi connectivity index (χ3v) is 5.64. The van der Waals surface area contributed by atoms with E-state index < -0.39 is 0 Å². The highest BCUT2D eigenvalue weighted by Gasteiger charge is 2.27. The lowest BCUT2D eigenvalue weighted by Gasteiger charge is -2.24. The van der Waals surface area contributed by atoms with Crippen LogP contribution in [0.3, 0.4) is 0 Å². The smallest absolute Gasteiger partial charge is 0.267 e. The Balaban J connectivity index is 1.37. The Morgan fingerprint density at radius 2 is 2.12 bits per heavy atom. The highest BCUT2D eigenvalue weighted by molar-refractivity contribution is 5.37. The molecule has 26 heavy (non-hydrogen) atoms. The quantitative estimate of drug-likeness (QED) is 0.712. The van der Waals surface area contributed by atoms with Gasteiger partial charge >= 0.3 is 0 Å². The van der Waals surface area contributed by atoms with E-state index in [1.165, 1.54) is 0 Å². The molecule has 0 N–H and O–H groups in total. The van der Waals surface area contributed by atoms with Gasteiger partial charge in [0.15, 0.2) is 11.5 Å². The van der Waals surface area contributed by atoms with Crippen molar-refractivity contribution in [2.45, 2.75) is 51.2 Å². The van der Waals surface area contributed by atoms with E-state index in [4.69, 9.17) is 0 Å². The number of likely N-dealkylation sites (tertiary alicyclic amines) is 1. The first-order valence-corrected chi connectivity index (χ1v) is 9.40. The minimum Gasteiger partial charge on any atom is -0.291 e. The second-order valence-corrected chi connectivity index (χ2v) is 7.30. The van der Waals surface area contributed by atoms with Gasteiger partial charge in [0.25, 0.3) is 5.56 Å². The molecule has 1 aliphatic carbocycles. The normalized spacial score (nSPS) is 20.1. The molecule has 7 nitrogen and oxygen atoms in total. The van der Waals surface area contributed by atoms with E-state index in [1.54, 1.807) is 10.7 Å². The zero-order valence-corrected chi connectivity index (χ0v) is 14.7. The fraction of sp³-hybridized carbons (Fsp3) is 0.474. The lowest BCUT2D eigenvalue weighted by molar-refractivity contribution is 0.211. The van der Waals surface area contributed by atoms with Crippen molar-refractivity contribution >= 4 is 5.65 Å². The molecule has 7 heteroatoms. The summed E-state index contributed by atoms with van der Waals surface area (Å²) in [5, 5.41) is 13.2. The largest absolute Gasteiger partial charge is 0.291 e. The zero-order chi connectivity index (χ0) is 17.5. The van der Waals surface area contributed by atoms with Crippen LogP contribution < -0.4 is 5.56 Å². The number of rotatable bonds is 4. The maximum atomic E-state index is 12.4. The summed E-state index contributed by atoms with van der Waals surface area (Å²) in [4.78, 5) is 14.8. The standard InChI is InChI=1S/C19H22N6O/c26-19-11-14-5-3-7-16(14)22-25(19)12-15-6-4-9-23(15)13-18-21-20-17-8-1-2-10-24(17)18/h1-2,8,10-11,15H,3-7,9,12-13H2. The van der Waals surface area contributed by atoms with Gasteiger partial charge in [0, 0.05) is 18.3 Å². The molecule has 4 heterocycles. The maximum Gasteiger partial charge on any atom is 0.267 e. The molecular formula is C19H22N6O.